The summed E-state index contributed by atoms with van der Waals surface area (Å²) in [6.45, 7) is 1.96. The van der Waals surface area contributed by atoms with Crippen molar-refractivity contribution >= 4 is 11.7 Å². The Bertz CT molecular complexity index is 841. The smallest absolute Gasteiger partial charge is 0.318 e. The van der Waals surface area contributed by atoms with Gasteiger partial charge in [-0.05, 0) is 56.0 Å². The van der Waals surface area contributed by atoms with Crippen LogP contribution >= 0.6 is 0 Å². The average Bonchev–Trinajstić information content (AvgIpc) is 2.63. The van der Waals surface area contributed by atoms with Gasteiger partial charge in [0.15, 0.2) is 0 Å². The molecule has 0 radical (unpaired) electrons. The van der Waals surface area contributed by atoms with E-state index in [-0.39, 0.29) is 31.0 Å². The molecule has 2 aromatic rings. The first-order chi connectivity index (χ1) is 12.8. The van der Waals surface area contributed by atoms with Crippen LogP contribution in [0.4, 0.5) is 23.7 Å². The fraction of sp³-hybridized carbons (Fsp3) is 0.400. The Morgan fingerprint density at radius 3 is 2.52 bits per heavy atom. The van der Waals surface area contributed by atoms with Gasteiger partial charge in [0, 0.05) is 29.5 Å². The summed E-state index contributed by atoms with van der Waals surface area (Å²) >= 11 is 0. The molecule has 1 saturated carbocycles. The van der Waals surface area contributed by atoms with Crippen LogP contribution in [0.3, 0.4) is 0 Å². The Labute approximate surface area is 155 Å². The summed E-state index contributed by atoms with van der Waals surface area (Å²) in [5, 5.41) is 2.84. The third kappa shape index (κ3) is 3.38. The molecular formula is C20H20F3N3O. The number of carbonyl (C=O) groups is 1. The van der Waals surface area contributed by atoms with Crippen LogP contribution in [0.15, 0.2) is 42.6 Å². The lowest BCUT2D eigenvalue weighted by Gasteiger charge is -2.55. The molecule has 2 amide bonds. The number of nitrogens with zero attached hydrogens (tertiary/aromatic N) is 2. The van der Waals surface area contributed by atoms with E-state index in [1.165, 1.54) is 0 Å². The second kappa shape index (κ2) is 6.55. The van der Waals surface area contributed by atoms with Crippen LogP contribution in [-0.4, -0.2) is 34.2 Å². The van der Waals surface area contributed by atoms with Crippen molar-refractivity contribution in [2.24, 2.45) is 5.92 Å². The molecule has 142 valence electrons. The number of aromatic nitrogens is 1. The normalized spacial score (nSPS) is 24.3. The molecule has 2 heterocycles. The van der Waals surface area contributed by atoms with Crippen LogP contribution in [0, 0.1) is 12.8 Å². The molecule has 1 aromatic carbocycles. The van der Waals surface area contributed by atoms with Gasteiger partial charge in [-0.1, -0.05) is 12.1 Å². The summed E-state index contributed by atoms with van der Waals surface area (Å²) in [5.41, 5.74) is 3.36. The van der Waals surface area contributed by atoms with E-state index < -0.39 is 12.1 Å². The van der Waals surface area contributed by atoms with E-state index >= 15 is 0 Å². The summed E-state index contributed by atoms with van der Waals surface area (Å²) in [7, 11) is 0. The third-order valence-corrected chi connectivity index (χ3v) is 5.57. The lowest BCUT2D eigenvalue weighted by Crippen LogP contribution is -2.65. The van der Waals surface area contributed by atoms with Gasteiger partial charge in [-0.15, -0.1) is 0 Å². The van der Waals surface area contributed by atoms with Crippen LogP contribution in [-0.2, 0) is 0 Å². The number of rotatable bonds is 2. The maximum atomic E-state index is 12.9. The van der Waals surface area contributed by atoms with Crippen LogP contribution in [0.2, 0.25) is 0 Å². The fourth-order valence-corrected chi connectivity index (χ4v) is 4.16. The van der Waals surface area contributed by atoms with Gasteiger partial charge in [-0.2, -0.15) is 13.2 Å². The van der Waals surface area contributed by atoms with E-state index in [1.807, 2.05) is 37.3 Å². The van der Waals surface area contributed by atoms with E-state index in [2.05, 4.69) is 10.3 Å². The van der Waals surface area contributed by atoms with Crippen molar-refractivity contribution < 1.29 is 18.0 Å². The maximum absolute atomic E-state index is 12.9. The molecule has 1 aliphatic carbocycles. The predicted octanol–water partition coefficient (Wildman–Crippen LogP) is 5.00. The van der Waals surface area contributed by atoms with Crippen molar-refractivity contribution in [2.75, 3.05) is 5.32 Å². The number of carbonyl (C=O) groups excluding carboxylic acids is 1. The second-order valence-electron chi connectivity index (χ2n) is 7.34. The Balaban J connectivity index is 1.47. The number of halogens is 3. The monoisotopic (exact) mass is 375 g/mol. The number of aryl methyl sites for hydroxylation is 1. The number of likely N-dealkylation sites (tertiary alicyclic amines) is 1. The molecule has 27 heavy (non-hydrogen) atoms. The molecule has 1 N–H and O–H groups in total. The van der Waals surface area contributed by atoms with E-state index in [4.69, 9.17) is 0 Å². The molecule has 1 aromatic heterocycles. The van der Waals surface area contributed by atoms with Gasteiger partial charge >= 0.3 is 12.2 Å². The number of alkyl halides is 3. The molecule has 2 bridgehead atoms. The van der Waals surface area contributed by atoms with Crippen LogP contribution < -0.4 is 5.32 Å². The number of fused-ring (bicyclic) bond motifs is 2. The zero-order valence-corrected chi connectivity index (χ0v) is 14.8. The lowest BCUT2D eigenvalue weighted by atomic mass is 9.73. The standard InChI is InChI=1S/C20H20F3N3O/c1-12-5-6-14(10-17(12)18-4-2-3-7-24-18)25-19(27)26-15-8-13(20(21,22)23)9-16(26)11-15/h2-7,10,13,15-16H,8-9,11H2,1H3,(H,25,27). The van der Waals surface area contributed by atoms with Crippen molar-refractivity contribution in [3.05, 3.63) is 48.2 Å². The van der Waals surface area contributed by atoms with Gasteiger partial charge < -0.3 is 10.2 Å². The number of hydrogen-bond donors (Lipinski definition) is 1. The van der Waals surface area contributed by atoms with Crippen molar-refractivity contribution in [3.8, 4) is 11.3 Å². The van der Waals surface area contributed by atoms with Crippen molar-refractivity contribution in [1.29, 1.82) is 0 Å². The minimum atomic E-state index is -4.17. The van der Waals surface area contributed by atoms with Crippen molar-refractivity contribution in [2.45, 2.75) is 44.4 Å². The van der Waals surface area contributed by atoms with E-state index in [1.54, 1.807) is 17.2 Å². The van der Waals surface area contributed by atoms with Crippen molar-refractivity contribution in [1.82, 2.24) is 9.88 Å². The lowest BCUT2D eigenvalue weighted by molar-refractivity contribution is -0.205. The van der Waals surface area contributed by atoms with Crippen LogP contribution in [0.25, 0.3) is 11.3 Å². The molecule has 1 aliphatic heterocycles. The number of hydrogen-bond acceptors (Lipinski definition) is 2. The molecule has 1 saturated heterocycles. The Kier molecular flexibility index (Phi) is 4.32. The number of piperidine rings is 1. The number of pyridine rings is 1. The van der Waals surface area contributed by atoms with Gasteiger partial charge in [0.05, 0.1) is 11.6 Å². The quantitative estimate of drug-likeness (QED) is 0.802. The third-order valence-electron chi connectivity index (χ3n) is 5.57. The summed E-state index contributed by atoms with van der Waals surface area (Å²) in [4.78, 5) is 18.5. The zero-order chi connectivity index (χ0) is 19.2. The number of amides is 2. The molecule has 7 heteroatoms. The molecule has 0 spiro atoms. The molecule has 2 atom stereocenters. The van der Waals surface area contributed by atoms with E-state index in [0.29, 0.717) is 12.1 Å². The van der Waals surface area contributed by atoms with E-state index in [9.17, 15) is 18.0 Å². The first-order valence-electron chi connectivity index (χ1n) is 9.01. The zero-order valence-electron chi connectivity index (χ0n) is 14.8. The van der Waals surface area contributed by atoms with Crippen LogP contribution in [0.1, 0.15) is 24.8 Å². The Hall–Kier alpha value is -2.57. The highest BCUT2D eigenvalue weighted by Crippen LogP contribution is 2.47. The molecule has 2 fully saturated rings. The largest absolute Gasteiger partial charge is 0.391 e. The topological polar surface area (TPSA) is 45.2 Å². The maximum Gasteiger partial charge on any atom is 0.391 e. The fourth-order valence-electron chi connectivity index (χ4n) is 4.16. The van der Waals surface area contributed by atoms with Gasteiger partial charge in [0.2, 0.25) is 0 Å². The highest BCUT2D eigenvalue weighted by Gasteiger charge is 2.54. The predicted molar refractivity (Wildman–Crippen MR) is 96.2 cm³/mol. The first kappa shape index (κ1) is 17.8. The molecule has 4 rings (SSSR count). The summed E-state index contributed by atoms with van der Waals surface area (Å²) in [6, 6.07) is 10.2. The summed E-state index contributed by atoms with van der Waals surface area (Å²) in [5.74, 6) is -1.29. The highest BCUT2D eigenvalue weighted by molar-refractivity contribution is 5.91. The van der Waals surface area contributed by atoms with E-state index in [0.717, 1.165) is 16.8 Å². The van der Waals surface area contributed by atoms with Gasteiger partial charge in [0.25, 0.3) is 0 Å². The average molecular weight is 375 g/mol. The number of urea groups is 1. The first-order valence-corrected chi connectivity index (χ1v) is 9.01. The summed E-state index contributed by atoms with van der Waals surface area (Å²) < 4.78 is 38.8. The summed E-state index contributed by atoms with van der Waals surface area (Å²) in [6.07, 6.45) is -1.81. The van der Waals surface area contributed by atoms with Gasteiger partial charge in [0.1, 0.15) is 0 Å². The number of anilines is 1. The number of benzene rings is 1. The molecule has 2 aliphatic rings. The molecule has 2 unspecified atom stereocenters. The van der Waals surface area contributed by atoms with Gasteiger partial charge in [-0.3, -0.25) is 4.98 Å². The molecule has 4 nitrogen and oxygen atoms in total. The number of nitrogens with one attached hydrogen (secondary N) is 1. The highest BCUT2D eigenvalue weighted by atomic mass is 19.4. The minimum Gasteiger partial charge on any atom is -0.318 e. The Morgan fingerprint density at radius 1 is 1.15 bits per heavy atom. The second-order valence-corrected chi connectivity index (χ2v) is 7.34. The minimum absolute atomic E-state index is 0.000499. The van der Waals surface area contributed by atoms with Gasteiger partial charge in [-0.25, -0.2) is 4.79 Å². The SMILES string of the molecule is Cc1ccc(NC(=O)N2C3CC2CC(C(F)(F)F)C3)cc1-c1ccccn1. The van der Waals surface area contributed by atoms with Crippen LogP contribution in [0.5, 0.6) is 0 Å². The Morgan fingerprint density at radius 2 is 1.89 bits per heavy atom. The van der Waals surface area contributed by atoms with Crippen molar-refractivity contribution in [3.63, 3.8) is 0 Å². The molecular weight excluding hydrogens is 355 g/mol.